The molecule has 230 valence electrons. The summed E-state index contributed by atoms with van der Waals surface area (Å²) >= 11 is 6.23. The normalized spacial score (nSPS) is 13.5. The summed E-state index contributed by atoms with van der Waals surface area (Å²) < 4.78 is 22.0. The van der Waals surface area contributed by atoms with Gasteiger partial charge in [-0.1, -0.05) is 23.7 Å². The van der Waals surface area contributed by atoms with Gasteiger partial charge in [0.05, 0.1) is 41.5 Å². The minimum Gasteiger partial charge on any atom is -0.395 e. The van der Waals surface area contributed by atoms with E-state index in [4.69, 9.17) is 32.9 Å². The number of benzene rings is 2. The third kappa shape index (κ3) is 8.49. The van der Waals surface area contributed by atoms with Crippen LogP contribution < -0.4 is 22.5 Å². The van der Waals surface area contributed by atoms with E-state index in [2.05, 4.69) is 20.3 Å². The van der Waals surface area contributed by atoms with Crippen molar-refractivity contribution in [1.82, 2.24) is 19.9 Å². The number of aliphatic hydroxyl groups is 1. The summed E-state index contributed by atoms with van der Waals surface area (Å²) in [4.78, 5) is 24.5. The zero-order valence-electron chi connectivity index (χ0n) is 24.4. The van der Waals surface area contributed by atoms with Crippen molar-refractivity contribution < 1.29 is 14.2 Å². The average Bonchev–Trinajstić information content (AvgIpc) is 3.40. The molecule has 2 atom stereocenters. The maximum atomic E-state index is 15.1. The van der Waals surface area contributed by atoms with Gasteiger partial charge in [0.2, 0.25) is 0 Å². The van der Waals surface area contributed by atoms with Crippen molar-refractivity contribution >= 4 is 28.5 Å². The monoisotopic (exact) mass is 611 g/mol. The van der Waals surface area contributed by atoms with E-state index in [9.17, 15) is 4.79 Å². The summed E-state index contributed by atoms with van der Waals surface area (Å²) in [6, 6.07) is 12.4. The number of aromatic amines is 1. The fourth-order valence-electron chi connectivity index (χ4n) is 4.89. The Morgan fingerprint density at radius 3 is 2.72 bits per heavy atom. The number of aryl methyl sites for hydroxylation is 1. The molecule has 0 spiro atoms. The van der Waals surface area contributed by atoms with Crippen LogP contribution in [0, 0.1) is 5.82 Å². The van der Waals surface area contributed by atoms with Crippen molar-refractivity contribution in [3.63, 3.8) is 0 Å². The molecule has 7 N–H and O–H groups in total. The SMILES string of the molecule is COCC(NCCCN=C(C)N)c1ccc(-n2cc3cc(-c4cc(CCCC(N)CO)cc(Cl)c4F)[nH]c3nc2=O)cc1. The summed E-state index contributed by atoms with van der Waals surface area (Å²) in [5, 5.41) is 13.3. The van der Waals surface area contributed by atoms with Crippen LogP contribution in [0.15, 0.2) is 58.4 Å². The number of hydrogen-bond donors (Lipinski definition) is 5. The molecule has 2 unspecified atom stereocenters. The van der Waals surface area contributed by atoms with Crippen LogP contribution in [0.3, 0.4) is 0 Å². The number of aromatic nitrogens is 3. The zero-order chi connectivity index (χ0) is 30.9. The van der Waals surface area contributed by atoms with Crippen molar-refractivity contribution in [3.05, 3.63) is 81.1 Å². The molecule has 0 amide bonds. The first kappa shape index (κ1) is 32.3. The van der Waals surface area contributed by atoms with Crippen LogP contribution in [0.5, 0.6) is 0 Å². The summed E-state index contributed by atoms with van der Waals surface area (Å²) in [7, 11) is 1.65. The number of nitrogens with one attached hydrogen (secondary N) is 2. The van der Waals surface area contributed by atoms with E-state index in [1.54, 1.807) is 38.4 Å². The number of rotatable bonds is 15. The first-order valence-electron chi connectivity index (χ1n) is 14.3. The van der Waals surface area contributed by atoms with Gasteiger partial charge in [-0.25, -0.2) is 9.18 Å². The number of hydrogen-bond acceptors (Lipinski definition) is 7. The Hall–Kier alpha value is -3.61. The predicted molar refractivity (Wildman–Crippen MR) is 169 cm³/mol. The molecule has 0 aliphatic heterocycles. The molecule has 0 saturated carbocycles. The molecule has 43 heavy (non-hydrogen) atoms. The van der Waals surface area contributed by atoms with Gasteiger partial charge >= 0.3 is 5.69 Å². The lowest BCUT2D eigenvalue weighted by Gasteiger charge is -2.19. The smallest absolute Gasteiger partial charge is 0.354 e. The van der Waals surface area contributed by atoms with Crippen molar-refractivity contribution in [1.29, 1.82) is 0 Å². The largest absolute Gasteiger partial charge is 0.395 e. The van der Waals surface area contributed by atoms with E-state index in [1.807, 2.05) is 24.3 Å². The number of methoxy groups -OCH3 is 1. The van der Waals surface area contributed by atoms with Crippen LogP contribution in [-0.2, 0) is 11.2 Å². The van der Waals surface area contributed by atoms with E-state index < -0.39 is 11.5 Å². The summed E-state index contributed by atoms with van der Waals surface area (Å²) in [5.74, 6) is 0.0112. The molecule has 10 nitrogen and oxygen atoms in total. The Bertz CT molecular complexity index is 1600. The minimum absolute atomic E-state index is 0.00525. The van der Waals surface area contributed by atoms with E-state index >= 15 is 4.39 Å². The fraction of sp³-hybridized carbons (Fsp3) is 0.387. The highest BCUT2D eigenvalue weighted by Gasteiger charge is 2.16. The fourth-order valence-corrected chi connectivity index (χ4v) is 5.13. The summed E-state index contributed by atoms with van der Waals surface area (Å²) in [5.41, 5.74) is 14.5. The molecule has 2 aromatic carbocycles. The molecule has 2 heterocycles. The van der Waals surface area contributed by atoms with Crippen LogP contribution in [0.2, 0.25) is 5.02 Å². The first-order chi connectivity index (χ1) is 20.7. The van der Waals surface area contributed by atoms with E-state index in [1.165, 1.54) is 4.57 Å². The minimum atomic E-state index is -0.559. The second-order valence-electron chi connectivity index (χ2n) is 10.6. The molecule has 0 fully saturated rings. The lowest BCUT2D eigenvalue weighted by molar-refractivity contribution is 0.167. The molecule has 0 radical (unpaired) electrons. The second-order valence-corrected chi connectivity index (χ2v) is 11.0. The van der Waals surface area contributed by atoms with Crippen LogP contribution >= 0.6 is 11.6 Å². The predicted octanol–water partition coefficient (Wildman–Crippen LogP) is 3.86. The highest BCUT2D eigenvalue weighted by Crippen LogP contribution is 2.31. The van der Waals surface area contributed by atoms with E-state index in [-0.39, 0.29) is 29.3 Å². The van der Waals surface area contributed by atoms with Gasteiger partial charge < -0.3 is 31.6 Å². The molecular weight excluding hydrogens is 573 g/mol. The maximum absolute atomic E-state index is 15.1. The van der Waals surface area contributed by atoms with Gasteiger partial charge in [0.15, 0.2) is 5.82 Å². The number of aliphatic hydroxyl groups excluding tert-OH is 1. The van der Waals surface area contributed by atoms with Crippen LogP contribution in [-0.4, -0.2) is 64.9 Å². The molecule has 0 aliphatic carbocycles. The van der Waals surface area contributed by atoms with E-state index in [0.717, 1.165) is 30.5 Å². The molecule has 0 aliphatic rings. The number of halogens is 2. The van der Waals surface area contributed by atoms with Crippen molar-refractivity contribution in [2.75, 3.05) is 33.4 Å². The highest BCUT2D eigenvalue weighted by atomic mass is 35.5. The number of H-pyrrole nitrogens is 1. The topological polar surface area (TPSA) is 157 Å². The molecule has 0 saturated heterocycles. The molecule has 4 rings (SSSR count). The molecule has 0 bridgehead atoms. The maximum Gasteiger partial charge on any atom is 0.354 e. The van der Waals surface area contributed by atoms with Gasteiger partial charge in [-0.05, 0) is 80.6 Å². The lowest BCUT2D eigenvalue weighted by Crippen LogP contribution is -2.27. The Labute approximate surface area is 254 Å². The van der Waals surface area contributed by atoms with E-state index in [0.29, 0.717) is 54.2 Å². The van der Waals surface area contributed by atoms with Crippen molar-refractivity contribution in [2.24, 2.45) is 16.5 Å². The molecular formula is C31H39ClFN7O3. The van der Waals surface area contributed by atoms with Gasteiger partial charge in [-0.15, -0.1) is 0 Å². The Balaban J connectivity index is 1.55. The first-order valence-corrected chi connectivity index (χ1v) is 14.6. The number of nitrogens with two attached hydrogens (primary N) is 2. The molecule has 4 aromatic rings. The quantitative estimate of drug-likeness (QED) is 0.0776. The number of fused-ring (bicyclic) bond motifs is 1. The Kier molecular flexibility index (Phi) is 11.4. The third-order valence-electron chi connectivity index (χ3n) is 7.15. The second kappa shape index (κ2) is 15.2. The van der Waals surface area contributed by atoms with Gasteiger partial charge in [0.25, 0.3) is 0 Å². The Morgan fingerprint density at radius 2 is 2.02 bits per heavy atom. The number of aliphatic imine (C=N–C) groups is 1. The van der Waals surface area contributed by atoms with Crippen LogP contribution in [0.1, 0.15) is 43.4 Å². The van der Waals surface area contributed by atoms with Crippen molar-refractivity contribution in [2.45, 2.75) is 44.7 Å². The molecule has 2 aromatic heterocycles. The average molecular weight is 612 g/mol. The van der Waals surface area contributed by atoms with Crippen LogP contribution in [0.25, 0.3) is 28.0 Å². The summed E-state index contributed by atoms with van der Waals surface area (Å²) in [6.45, 7) is 3.57. The lowest BCUT2D eigenvalue weighted by atomic mass is 10.0. The Morgan fingerprint density at radius 1 is 1.26 bits per heavy atom. The van der Waals surface area contributed by atoms with Gasteiger partial charge in [0.1, 0.15) is 5.65 Å². The van der Waals surface area contributed by atoms with Gasteiger partial charge in [-0.3, -0.25) is 9.56 Å². The van der Waals surface area contributed by atoms with Gasteiger partial charge in [-0.2, -0.15) is 4.98 Å². The van der Waals surface area contributed by atoms with Gasteiger partial charge in [0, 0.05) is 36.8 Å². The van der Waals surface area contributed by atoms with Crippen molar-refractivity contribution in [3.8, 4) is 16.9 Å². The zero-order valence-corrected chi connectivity index (χ0v) is 25.2. The van der Waals surface area contributed by atoms with Crippen LogP contribution in [0.4, 0.5) is 4.39 Å². The number of nitrogens with zero attached hydrogens (tertiary/aromatic N) is 3. The number of ether oxygens (including phenoxy) is 1. The number of amidine groups is 1. The molecule has 12 heteroatoms. The highest BCUT2D eigenvalue weighted by molar-refractivity contribution is 6.31. The standard InChI is InChI=1S/C31H39ClFN7O3/c1-19(34)36-11-4-12-37-28(18-43-2)21-7-9-24(10-8-21)40-16-22-15-27(38-30(22)39-31(40)42)25-13-20(14-26(32)29(25)33)5-3-6-23(35)17-41/h7-10,13-16,23,28,37,41H,3-6,11-12,17-18,35H2,1-2H3,(H2,34,36)(H,38,39,42). The summed E-state index contributed by atoms with van der Waals surface area (Å²) in [6.07, 6.45) is 4.51. The third-order valence-corrected chi connectivity index (χ3v) is 7.43.